The average Bonchev–Trinajstić information content (AvgIpc) is 1.65. The lowest BCUT2D eigenvalue weighted by molar-refractivity contribution is -0.274. The first-order chi connectivity index (χ1) is 70.4. The van der Waals surface area contributed by atoms with E-state index in [0.29, 0.717) is 116 Å². The number of hydrogen-bond donors (Lipinski definition) is 6. The third kappa shape index (κ3) is 37.4. The molecule has 1 aliphatic carbocycles. The molecule has 0 aliphatic heterocycles. The molecule has 0 fully saturated rings. The van der Waals surface area contributed by atoms with Gasteiger partial charge in [0.15, 0.2) is 42.4 Å². The van der Waals surface area contributed by atoms with Gasteiger partial charge in [0, 0.05) is 41.7 Å². The number of aromatic nitrogens is 1. The Bertz CT molecular complexity index is 6620. The highest BCUT2D eigenvalue weighted by atomic mass is 32.1. The molecule has 0 amide bonds. The van der Waals surface area contributed by atoms with E-state index >= 15 is 0 Å². The van der Waals surface area contributed by atoms with Crippen molar-refractivity contribution in [1.29, 1.82) is 0 Å². The number of thiophene rings is 2. The van der Waals surface area contributed by atoms with Crippen molar-refractivity contribution in [3.63, 3.8) is 0 Å². The van der Waals surface area contributed by atoms with E-state index < -0.39 is 78.8 Å². The number of hydrogen-bond acceptors (Lipinski definition) is 18. The molecule has 756 valence electrons. The topological polar surface area (TPSA) is 318 Å². The van der Waals surface area contributed by atoms with Crippen molar-refractivity contribution in [3.8, 4) is 95.3 Å². The van der Waals surface area contributed by atoms with Gasteiger partial charge in [-0.1, -0.05) is 175 Å². The fraction of sp³-hybridized carbons (Fsp3) is 0.203. The maximum Gasteiger partial charge on any atom is 0.573 e. The van der Waals surface area contributed by atoms with Gasteiger partial charge < -0.3 is 63.8 Å². The van der Waals surface area contributed by atoms with Gasteiger partial charge in [-0.25, -0.2) is 38.1 Å². The molecule has 146 heavy (non-hydrogen) atoms. The summed E-state index contributed by atoms with van der Waals surface area (Å²) in [7, 11) is 0. The molecule has 6 atom stereocenters. The number of aliphatic carboxylic acids is 6. The normalized spacial score (nSPS) is 12.6. The van der Waals surface area contributed by atoms with Crippen LogP contribution < -0.4 is 33.2 Å². The SMILES string of the molecule is C=CCCC(Oc1ccc(-c2cc3ccccc3s2)cc1)C(=O)O.C=CCCC(Oc1ccc(-c2ccc(OC(F)(F)F)cc2)cc1)C(=O)O.C=CCCC(Oc1ccc(-c2cccc(F)c2)cc1)C(=O)O.C=CCCC(Oc1ccc(-c2csc3ccccc23)cc1)C(=O)O.C=CCCC(Oc1ccc(C(=O)/C=C/c2ccccc2)cc1)C(=O)O.Cc1nc(-c2ccc(OC(CCC3=CCCCC3)C(=O)O)cc2)cs1. The molecule has 14 aromatic rings. The summed E-state index contributed by atoms with van der Waals surface area (Å²) >= 11 is 5.07. The van der Waals surface area contributed by atoms with Gasteiger partial charge in [-0.3, -0.25) is 4.79 Å². The summed E-state index contributed by atoms with van der Waals surface area (Å²) in [6, 6.07) is 82.7. The van der Waals surface area contributed by atoms with Crippen LogP contribution in [0.4, 0.5) is 17.6 Å². The van der Waals surface area contributed by atoms with Gasteiger partial charge in [0.05, 0.1) is 10.7 Å². The van der Waals surface area contributed by atoms with E-state index in [1.807, 2.05) is 146 Å². The van der Waals surface area contributed by atoms with Gasteiger partial charge in [0.25, 0.3) is 0 Å². The quantitative estimate of drug-likeness (QED) is 0.00894. The first kappa shape index (κ1) is 112. The summed E-state index contributed by atoms with van der Waals surface area (Å²) in [6.45, 7) is 19.9. The van der Waals surface area contributed by atoms with Crippen LogP contribution in [0.3, 0.4) is 0 Å². The van der Waals surface area contributed by atoms with Gasteiger partial charge in [-0.15, -0.1) is 80.1 Å². The number of aryl methyl sites for hydroxylation is 1. The standard InChI is InChI=1S/C21H20O4.C20H23NO3S.2C20H18O3S.C19H17F3O4.C18H17FO3/c1-2-3-9-20(21(23)24)25-18-13-11-17(12-14-18)19(22)15-10-16-7-5-4-6-8-16;1-14-21-18(13-25-14)16-8-10-17(11-9-16)24-19(20(22)23)12-7-15-5-3-2-4-6-15;1-2-3-7-18(20(21)22)23-15-11-9-14(10-12-15)17-13-24-19-8-5-4-6-16(17)19;1-2-3-7-17(20(21)22)23-16-11-9-14(10-12-16)19-13-15-6-4-5-8-18(15)24-19;1-2-3-4-17(18(23)24)25-15-9-5-13(6-10-15)14-7-11-16(12-8-14)26-19(20,21)22;1-2-3-7-17(18(20)21)22-16-10-8-13(9-11-16)14-5-4-6-15(19)12-14/h2,4-8,10-15,20H,1,3,9H2,(H,23,24);5,8-11,13,19H,2-4,6-7,12H2,1H3,(H,22,23);2,4-6,8-13,18H,1,3,7H2,(H,21,22);2,4-6,8-13,17H,1,3,7H2,(H,21,22);2,5-12,17H,1,3-4H2,(H,23,24);2,4-6,8-12,17H,1,3,7H2,(H,20,21)/b15-10+;;;;;. The molecule has 15 rings (SSSR count). The lowest BCUT2D eigenvalue weighted by Gasteiger charge is -2.18. The highest BCUT2D eigenvalue weighted by Crippen LogP contribution is 2.39. The number of allylic oxidation sites excluding steroid dienone is 8. The highest BCUT2D eigenvalue weighted by Gasteiger charge is 2.32. The van der Waals surface area contributed by atoms with Crippen molar-refractivity contribution in [3.05, 3.63) is 393 Å². The number of carboxylic acid groups (broad SMARTS) is 6. The number of benzene rings is 11. The molecular weight excluding hydrogens is 1920 g/mol. The van der Waals surface area contributed by atoms with Crippen molar-refractivity contribution in [2.45, 2.75) is 153 Å². The number of carbonyl (C=O) groups excluding carboxylic acids is 1. The molecule has 6 unspecified atom stereocenters. The number of fused-ring (bicyclic) bond motifs is 2. The molecule has 21 nitrogen and oxygen atoms in total. The van der Waals surface area contributed by atoms with Gasteiger partial charge in [-0.2, -0.15) is 0 Å². The second-order valence-electron chi connectivity index (χ2n) is 33.0. The first-order valence-corrected chi connectivity index (χ1v) is 49.5. The molecule has 3 heterocycles. The Labute approximate surface area is 857 Å². The molecule has 0 bridgehead atoms. The zero-order valence-corrected chi connectivity index (χ0v) is 82.7. The largest absolute Gasteiger partial charge is 0.573 e. The van der Waals surface area contributed by atoms with Crippen LogP contribution in [0.2, 0.25) is 0 Å². The Hall–Kier alpha value is -16.0. The Balaban J connectivity index is 0.000000180. The Morgan fingerprint density at radius 2 is 0.788 bits per heavy atom. The van der Waals surface area contributed by atoms with Gasteiger partial charge in [0.2, 0.25) is 0 Å². The monoisotopic (exact) mass is 2040 g/mol. The molecule has 3 aromatic heterocycles. The smallest absolute Gasteiger partial charge is 0.479 e. The molecule has 11 aromatic carbocycles. The van der Waals surface area contributed by atoms with Crippen LogP contribution in [0.1, 0.15) is 124 Å². The predicted octanol–water partition coefficient (Wildman–Crippen LogP) is 29.7. The number of carboxylic acids is 6. The van der Waals surface area contributed by atoms with Gasteiger partial charge in [-0.05, 0) is 317 Å². The third-order valence-corrected chi connectivity index (χ3v) is 25.1. The van der Waals surface area contributed by atoms with E-state index in [1.165, 1.54) is 91.5 Å². The number of ketones is 1. The van der Waals surface area contributed by atoms with E-state index in [4.69, 9.17) is 43.7 Å². The summed E-state index contributed by atoms with van der Waals surface area (Å²) in [6.07, 6.45) is 14.5. The van der Waals surface area contributed by atoms with Crippen LogP contribution in [0.15, 0.2) is 371 Å². The zero-order valence-electron chi connectivity index (χ0n) is 80.2. The molecule has 1 aliphatic rings. The minimum Gasteiger partial charge on any atom is -0.479 e. The lowest BCUT2D eigenvalue weighted by atomic mass is 9.95. The summed E-state index contributed by atoms with van der Waals surface area (Å²) < 4.78 is 89.3. The fourth-order valence-electron chi connectivity index (χ4n) is 14.6. The van der Waals surface area contributed by atoms with E-state index in [2.05, 4.69) is 84.4 Å². The van der Waals surface area contributed by atoms with E-state index in [-0.39, 0.29) is 17.3 Å². The lowest BCUT2D eigenvalue weighted by Crippen LogP contribution is -2.27. The Morgan fingerprint density at radius 3 is 1.19 bits per heavy atom. The molecule has 28 heteroatoms. The average molecular weight is 2040 g/mol. The summed E-state index contributed by atoms with van der Waals surface area (Å²) in [4.78, 5) is 85.3. The number of halogens is 4. The minimum atomic E-state index is -4.73. The zero-order chi connectivity index (χ0) is 105. The van der Waals surface area contributed by atoms with E-state index in [9.17, 15) is 66.4 Å². The van der Waals surface area contributed by atoms with Crippen LogP contribution in [0.5, 0.6) is 40.2 Å². The second-order valence-corrected chi connectivity index (χ2v) is 36.1. The fourth-order valence-corrected chi connectivity index (χ4v) is 17.3. The van der Waals surface area contributed by atoms with Crippen LogP contribution in [0.25, 0.3) is 81.3 Å². The maximum absolute atomic E-state index is 13.2. The number of thiazole rings is 1. The Morgan fingerprint density at radius 1 is 0.397 bits per heavy atom. The predicted molar refractivity (Wildman–Crippen MR) is 569 cm³/mol. The number of nitrogens with zero attached hydrogens (tertiary/aromatic N) is 1. The van der Waals surface area contributed by atoms with Crippen molar-refractivity contribution in [2.24, 2.45) is 0 Å². The summed E-state index contributed by atoms with van der Waals surface area (Å²) in [5.74, 6) is -3.63. The maximum atomic E-state index is 13.2. The van der Waals surface area contributed by atoms with Crippen molar-refractivity contribution in [1.82, 2.24) is 4.98 Å². The van der Waals surface area contributed by atoms with Crippen LogP contribution in [0, 0.1) is 12.7 Å². The van der Waals surface area contributed by atoms with E-state index in [0.717, 1.165) is 68.9 Å². The number of carbonyl (C=O) groups is 7. The molecule has 0 saturated carbocycles. The van der Waals surface area contributed by atoms with Gasteiger partial charge >= 0.3 is 42.2 Å². The van der Waals surface area contributed by atoms with Crippen LogP contribution in [-0.2, 0) is 28.8 Å². The van der Waals surface area contributed by atoms with Gasteiger partial charge in [0.1, 0.15) is 46.1 Å². The van der Waals surface area contributed by atoms with Crippen molar-refractivity contribution in [2.75, 3.05) is 0 Å². The van der Waals surface area contributed by atoms with Crippen molar-refractivity contribution < 1.29 is 115 Å². The molecule has 6 N–H and O–H groups in total. The van der Waals surface area contributed by atoms with Crippen LogP contribution >= 0.6 is 34.0 Å². The van der Waals surface area contributed by atoms with Crippen molar-refractivity contribution >= 4 is 102 Å². The number of alkyl halides is 3. The second kappa shape index (κ2) is 58.5. The molecule has 0 spiro atoms. The number of rotatable bonds is 45. The van der Waals surface area contributed by atoms with E-state index in [1.54, 1.807) is 149 Å². The Kier molecular flexibility index (Phi) is 44.9. The molecular formula is C118H113F4NO20S3. The number of ether oxygens (including phenoxy) is 7. The first-order valence-electron chi connectivity index (χ1n) is 46.9. The highest BCUT2D eigenvalue weighted by molar-refractivity contribution is 7.22. The minimum absolute atomic E-state index is 0.128. The van der Waals surface area contributed by atoms with Crippen LogP contribution in [-0.4, -0.2) is 120 Å². The third-order valence-electron chi connectivity index (χ3n) is 22.2. The molecule has 0 radical (unpaired) electrons. The summed E-state index contributed by atoms with van der Waals surface area (Å²) in [5.41, 5.74) is 11.2. The molecule has 0 saturated heterocycles. The summed E-state index contributed by atoms with van der Waals surface area (Å²) in [5, 5.41) is 63.0.